The van der Waals surface area contributed by atoms with Gasteiger partial charge in [0, 0.05) is 10.8 Å². The van der Waals surface area contributed by atoms with Gasteiger partial charge in [0.25, 0.3) is 0 Å². The molecule has 0 unspecified atom stereocenters. The highest BCUT2D eigenvalue weighted by Gasteiger charge is 2.12. The second-order valence-electron chi connectivity index (χ2n) is 2.54. The molecule has 2 aromatic rings. The van der Waals surface area contributed by atoms with E-state index in [2.05, 4.69) is 4.98 Å². The van der Waals surface area contributed by atoms with E-state index in [-0.39, 0.29) is 0 Å². The molecule has 0 radical (unpaired) electrons. The molecule has 1 N–H and O–H groups in total. The van der Waals surface area contributed by atoms with Gasteiger partial charge >= 0.3 is 0 Å². The van der Waals surface area contributed by atoms with Gasteiger partial charge < -0.3 is 4.98 Å². The van der Waals surface area contributed by atoms with Crippen LogP contribution in [-0.2, 0) is 0 Å². The number of aromatic amines is 1. The van der Waals surface area contributed by atoms with Crippen molar-refractivity contribution >= 4 is 57.2 Å². The molecule has 0 amide bonds. The molecule has 1 nitrogen and oxygen atoms in total. The van der Waals surface area contributed by atoms with E-state index in [9.17, 15) is 0 Å². The van der Waals surface area contributed by atoms with Crippen LogP contribution in [0.4, 0.5) is 0 Å². The fourth-order valence-corrected chi connectivity index (χ4v) is 2.23. The zero-order chi connectivity index (χ0) is 9.59. The first kappa shape index (κ1) is 9.47. The predicted octanol–water partition coefficient (Wildman–Crippen LogP) is 4.78. The van der Waals surface area contributed by atoms with Gasteiger partial charge in [-0.05, 0) is 12.1 Å². The van der Waals surface area contributed by atoms with Crippen molar-refractivity contribution in [3.63, 3.8) is 0 Å². The van der Waals surface area contributed by atoms with Crippen molar-refractivity contribution in [1.29, 1.82) is 0 Å². The van der Waals surface area contributed by atoms with E-state index in [1.165, 1.54) is 0 Å². The maximum absolute atomic E-state index is 5.95. The number of H-pyrrole nitrogens is 1. The van der Waals surface area contributed by atoms with Crippen molar-refractivity contribution in [1.82, 2.24) is 4.98 Å². The summed E-state index contributed by atoms with van der Waals surface area (Å²) in [5.41, 5.74) is 0. The van der Waals surface area contributed by atoms with E-state index >= 15 is 0 Å². The third-order valence-corrected chi connectivity index (χ3v) is 3.16. The van der Waals surface area contributed by atoms with Crippen molar-refractivity contribution in [2.24, 2.45) is 0 Å². The number of halogens is 4. The molecule has 0 fully saturated rings. The molecule has 0 aliphatic heterocycles. The van der Waals surface area contributed by atoms with Gasteiger partial charge in [0.15, 0.2) is 0 Å². The van der Waals surface area contributed by atoms with E-state index < -0.39 is 0 Å². The molecule has 1 heterocycles. The number of hydrogen-bond acceptors (Lipinski definition) is 0. The largest absolute Gasteiger partial charge is 0.336 e. The Morgan fingerprint density at radius 3 is 2.31 bits per heavy atom. The molecule has 2 rings (SSSR count). The van der Waals surface area contributed by atoms with Crippen molar-refractivity contribution < 1.29 is 0 Å². The Labute approximate surface area is 94.5 Å². The van der Waals surface area contributed by atoms with E-state index in [1.807, 2.05) is 0 Å². The third-order valence-electron chi connectivity index (χ3n) is 1.77. The van der Waals surface area contributed by atoms with Crippen LogP contribution in [0.3, 0.4) is 0 Å². The van der Waals surface area contributed by atoms with Crippen LogP contribution in [-0.4, -0.2) is 4.98 Å². The Bertz CT molecular complexity index is 474. The first-order valence-corrected chi connectivity index (χ1v) is 4.93. The van der Waals surface area contributed by atoms with Gasteiger partial charge in [0.05, 0.1) is 10.0 Å². The van der Waals surface area contributed by atoms with Gasteiger partial charge in [-0.15, -0.1) is 0 Å². The number of aromatic nitrogens is 1. The minimum absolute atomic E-state index is 0.410. The van der Waals surface area contributed by atoms with Crippen LogP contribution in [0.2, 0.25) is 20.4 Å². The van der Waals surface area contributed by atoms with E-state index in [1.54, 1.807) is 12.1 Å². The molecule has 68 valence electrons. The summed E-state index contributed by atoms with van der Waals surface area (Å²) in [6.07, 6.45) is 0. The minimum atomic E-state index is 0.410. The van der Waals surface area contributed by atoms with Crippen molar-refractivity contribution in [3.8, 4) is 0 Å². The first-order chi connectivity index (χ1) is 6.11. The molecule has 0 spiro atoms. The first-order valence-electron chi connectivity index (χ1n) is 3.42. The average molecular weight is 255 g/mol. The average Bonchev–Trinajstić information content (AvgIpc) is 2.35. The summed E-state index contributed by atoms with van der Waals surface area (Å²) in [4.78, 5) is 2.77. The SMILES string of the molecule is Clc1ccc2c(Cl)[nH]c(Cl)c2c1Cl. The molecule has 13 heavy (non-hydrogen) atoms. The van der Waals surface area contributed by atoms with Crippen LogP contribution in [0.25, 0.3) is 10.8 Å². The zero-order valence-corrected chi connectivity index (χ0v) is 9.19. The van der Waals surface area contributed by atoms with Gasteiger partial charge in [-0.3, -0.25) is 0 Å². The van der Waals surface area contributed by atoms with E-state index in [0.29, 0.717) is 25.7 Å². The third kappa shape index (κ3) is 1.40. The number of nitrogens with one attached hydrogen (secondary N) is 1. The molecule has 0 aliphatic carbocycles. The van der Waals surface area contributed by atoms with Gasteiger partial charge in [-0.1, -0.05) is 46.4 Å². The smallest absolute Gasteiger partial charge is 0.116 e. The second-order valence-corrected chi connectivity index (χ2v) is 4.08. The minimum Gasteiger partial charge on any atom is -0.336 e. The molecular weight excluding hydrogens is 252 g/mol. The Morgan fingerprint density at radius 1 is 0.923 bits per heavy atom. The molecule has 0 atom stereocenters. The normalized spacial score (nSPS) is 11.1. The quantitative estimate of drug-likeness (QED) is 0.696. The van der Waals surface area contributed by atoms with Gasteiger partial charge in [0.1, 0.15) is 10.3 Å². The maximum atomic E-state index is 5.95. The van der Waals surface area contributed by atoms with Crippen LogP contribution in [0.1, 0.15) is 0 Å². The molecule has 0 saturated carbocycles. The van der Waals surface area contributed by atoms with Crippen LogP contribution in [0.15, 0.2) is 12.1 Å². The molecule has 0 saturated heterocycles. The fourth-order valence-electron chi connectivity index (χ4n) is 1.17. The lowest BCUT2D eigenvalue weighted by Crippen LogP contribution is -1.70. The van der Waals surface area contributed by atoms with Crippen LogP contribution < -0.4 is 0 Å². The summed E-state index contributed by atoms with van der Waals surface area (Å²) in [5.74, 6) is 0. The van der Waals surface area contributed by atoms with Crippen molar-refractivity contribution in [2.45, 2.75) is 0 Å². The molecule has 1 aromatic heterocycles. The number of rotatable bonds is 0. The van der Waals surface area contributed by atoms with Crippen molar-refractivity contribution in [3.05, 3.63) is 32.5 Å². The lowest BCUT2D eigenvalue weighted by Gasteiger charge is -1.97. The number of hydrogen-bond donors (Lipinski definition) is 1. The highest BCUT2D eigenvalue weighted by molar-refractivity contribution is 6.49. The van der Waals surface area contributed by atoms with Crippen LogP contribution >= 0.6 is 46.4 Å². The number of fused-ring (bicyclic) bond motifs is 1. The Hall–Kier alpha value is -0.0800. The zero-order valence-electron chi connectivity index (χ0n) is 6.17. The second kappa shape index (κ2) is 3.25. The van der Waals surface area contributed by atoms with Crippen molar-refractivity contribution in [2.75, 3.05) is 0 Å². The standard InChI is InChI=1S/C8H3Cl4N/c9-4-2-1-3-5(6(4)10)8(12)13-7(3)11/h1-2,13H. The topological polar surface area (TPSA) is 15.8 Å². The monoisotopic (exact) mass is 253 g/mol. The maximum Gasteiger partial charge on any atom is 0.116 e. The van der Waals surface area contributed by atoms with E-state index in [4.69, 9.17) is 46.4 Å². The van der Waals surface area contributed by atoms with Crippen LogP contribution in [0, 0.1) is 0 Å². The van der Waals surface area contributed by atoms with Gasteiger partial charge in [-0.25, -0.2) is 0 Å². The highest BCUT2D eigenvalue weighted by Crippen LogP contribution is 2.38. The summed E-state index contributed by atoms with van der Waals surface area (Å²) in [6.45, 7) is 0. The molecule has 5 heteroatoms. The summed E-state index contributed by atoms with van der Waals surface area (Å²) in [7, 11) is 0. The Morgan fingerprint density at radius 2 is 1.62 bits per heavy atom. The molecule has 0 bridgehead atoms. The lowest BCUT2D eigenvalue weighted by atomic mass is 10.2. The fraction of sp³-hybridized carbons (Fsp3) is 0. The molecular formula is C8H3Cl4N. The summed E-state index contributed by atoms with van der Waals surface area (Å²) < 4.78 is 0. The molecule has 0 aliphatic rings. The van der Waals surface area contributed by atoms with Gasteiger partial charge in [0.2, 0.25) is 0 Å². The predicted molar refractivity (Wildman–Crippen MR) is 58.3 cm³/mol. The Balaban J connectivity index is 2.98. The number of benzene rings is 1. The summed E-state index contributed by atoms with van der Waals surface area (Å²) >= 11 is 23.5. The summed E-state index contributed by atoms with van der Waals surface area (Å²) in [6, 6.07) is 3.45. The summed E-state index contributed by atoms with van der Waals surface area (Å²) in [5, 5.41) is 3.21. The lowest BCUT2D eigenvalue weighted by molar-refractivity contribution is 1.42. The van der Waals surface area contributed by atoms with Crippen LogP contribution in [0.5, 0.6) is 0 Å². The van der Waals surface area contributed by atoms with Gasteiger partial charge in [-0.2, -0.15) is 0 Å². The van der Waals surface area contributed by atoms with E-state index in [0.717, 1.165) is 5.39 Å². The Kier molecular flexibility index (Phi) is 2.37. The molecule has 1 aromatic carbocycles. The highest BCUT2D eigenvalue weighted by atomic mass is 35.5.